The van der Waals surface area contributed by atoms with Gasteiger partial charge in [0.25, 0.3) is 5.91 Å². The molecule has 34 heavy (non-hydrogen) atoms. The van der Waals surface area contributed by atoms with E-state index in [9.17, 15) is 18.0 Å². The monoisotopic (exact) mass is 499 g/mol. The molecule has 0 unspecified atom stereocenters. The third-order valence-corrected chi connectivity index (χ3v) is 6.88. The number of nitrogens with one attached hydrogen (secondary N) is 2. The van der Waals surface area contributed by atoms with Crippen LogP contribution in [0.4, 0.5) is 5.69 Å². The average Bonchev–Trinajstić information content (AvgIpc) is 3.35. The SMILES string of the molecule is Cc1ccc(S(=O)(=O)NCc2ccco2)cc1C(=O)OCC(=O)Nc1ccccc1SCC#N. The maximum absolute atomic E-state index is 12.6. The summed E-state index contributed by atoms with van der Waals surface area (Å²) >= 11 is 1.27. The fourth-order valence-electron chi connectivity index (χ4n) is 2.85. The number of benzene rings is 2. The van der Waals surface area contributed by atoms with Crippen molar-refractivity contribution in [2.24, 2.45) is 0 Å². The first-order valence-electron chi connectivity index (χ1n) is 9.98. The van der Waals surface area contributed by atoms with Crippen molar-refractivity contribution < 1.29 is 27.2 Å². The minimum absolute atomic E-state index is 0.0265. The van der Waals surface area contributed by atoms with Gasteiger partial charge in [-0.25, -0.2) is 17.9 Å². The van der Waals surface area contributed by atoms with Crippen LogP contribution in [0.25, 0.3) is 0 Å². The van der Waals surface area contributed by atoms with Crippen molar-refractivity contribution >= 4 is 39.3 Å². The van der Waals surface area contributed by atoms with Crippen LogP contribution in [0, 0.1) is 18.3 Å². The van der Waals surface area contributed by atoms with Gasteiger partial charge in [0.05, 0.1) is 40.8 Å². The number of rotatable bonds is 10. The van der Waals surface area contributed by atoms with Crippen molar-refractivity contribution in [2.45, 2.75) is 23.3 Å². The molecule has 0 atom stereocenters. The van der Waals surface area contributed by atoms with Gasteiger partial charge in [0.15, 0.2) is 6.61 Å². The summed E-state index contributed by atoms with van der Waals surface area (Å²) in [6, 6.07) is 16.3. The number of hydrogen-bond donors (Lipinski definition) is 2. The van der Waals surface area contributed by atoms with Gasteiger partial charge >= 0.3 is 5.97 Å². The summed E-state index contributed by atoms with van der Waals surface area (Å²) in [6.45, 7) is 1.02. The van der Waals surface area contributed by atoms with E-state index in [1.807, 2.05) is 6.07 Å². The second-order valence-corrected chi connectivity index (χ2v) is 9.73. The average molecular weight is 500 g/mol. The third kappa shape index (κ3) is 6.71. The first kappa shape index (κ1) is 25.0. The smallest absolute Gasteiger partial charge is 0.338 e. The van der Waals surface area contributed by atoms with Crippen molar-refractivity contribution in [3.8, 4) is 6.07 Å². The number of furan rings is 1. The molecule has 11 heteroatoms. The third-order valence-electron chi connectivity index (χ3n) is 4.54. The Bertz CT molecular complexity index is 1310. The number of sulfonamides is 1. The van der Waals surface area contributed by atoms with Gasteiger partial charge in [0, 0.05) is 4.90 Å². The van der Waals surface area contributed by atoms with Crippen LogP contribution in [0.15, 0.2) is 75.1 Å². The molecule has 1 heterocycles. The van der Waals surface area contributed by atoms with Crippen LogP contribution < -0.4 is 10.0 Å². The zero-order valence-corrected chi connectivity index (χ0v) is 19.7. The molecule has 3 rings (SSSR count). The first-order chi connectivity index (χ1) is 16.3. The van der Waals surface area contributed by atoms with E-state index in [0.29, 0.717) is 21.9 Å². The van der Waals surface area contributed by atoms with Crippen LogP contribution in [0.1, 0.15) is 21.7 Å². The van der Waals surface area contributed by atoms with Gasteiger partial charge in [-0.1, -0.05) is 18.2 Å². The van der Waals surface area contributed by atoms with E-state index >= 15 is 0 Å². The molecule has 3 aromatic rings. The van der Waals surface area contributed by atoms with E-state index in [1.165, 1.54) is 36.2 Å². The Morgan fingerprint density at radius 2 is 1.94 bits per heavy atom. The van der Waals surface area contributed by atoms with Gasteiger partial charge in [-0.15, -0.1) is 11.8 Å². The number of ether oxygens (including phenoxy) is 1. The highest BCUT2D eigenvalue weighted by atomic mass is 32.2. The number of carbonyl (C=O) groups is 2. The first-order valence-corrected chi connectivity index (χ1v) is 12.5. The molecule has 0 aliphatic heterocycles. The number of carbonyl (C=O) groups excluding carboxylic acids is 2. The lowest BCUT2D eigenvalue weighted by Gasteiger charge is -2.12. The van der Waals surface area contributed by atoms with Gasteiger partial charge in [-0.2, -0.15) is 5.26 Å². The molecule has 0 aliphatic carbocycles. The Labute approximate surface area is 201 Å². The molecule has 0 radical (unpaired) electrons. The van der Waals surface area contributed by atoms with Gasteiger partial charge in [-0.3, -0.25) is 4.79 Å². The molecule has 0 saturated carbocycles. The second kappa shape index (κ2) is 11.5. The Hall–Kier alpha value is -3.59. The number of hydrogen-bond acceptors (Lipinski definition) is 8. The Balaban J connectivity index is 1.64. The van der Waals surface area contributed by atoms with Crippen molar-refractivity contribution in [2.75, 3.05) is 17.7 Å². The summed E-state index contributed by atoms with van der Waals surface area (Å²) in [5.74, 6) is -0.742. The molecular formula is C23H21N3O6S2. The zero-order valence-electron chi connectivity index (χ0n) is 18.1. The lowest BCUT2D eigenvalue weighted by Crippen LogP contribution is -2.24. The van der Waals surface area contributed by atoms with Crippen LogP contribution in [0.5, 0.6) is 0 Å². The largest absolute Gasteiger partial charge is 0.468 e. The van der Waals surface area contributed by atoms with Gasteiger partial charge in [0.1, 0.15) is 5.76 Å². The summed E-state index contributed by atoms with van der Waals surface area (Å²) in [5, 5.41) is 11.4. The molecule has 1 amide bonds. The molecule has 2 aromatic carbocycles. The molecular weight excluding hydrogens is 478 g/mol. The van der Waals surface area contributed by atoms with Crippen molar-refractivity contribution in [3.05, 3.63) is 77.7 Å². The molecule has 9 nitrogen and oxygen atoms in total. The molecule has 0 bridgehead atoms. The van der Waals surface area contributed by atoms with Crippen LogP contribution in [-0.4, -0.2) is 32.7 Å². The van der Waals surface area contributed by atoms with Gasteiger partial charge < -0.3 is 14.5 Å². The highest BCUT2D eigenvalue weighted by Gasteiger charge is 2.20. The van der Waals surface area contributed by atoms with E-state index in [4.69, 9.17) is 14.4 Å². The quantitative estimate of drug-likeness (QED) is 0.319. The molecule has 0 aliphatic rings. The number of nitrogens with zero attached hydrogens (tertiary/aromatic N) is 1. The normalized spacial score (nSPS) is 10.9. The summed E-state index contributed by atoms with van der Waals surface area (Å²) in [6.07, 6.45) is 1.43. The number of thioether (sulfide) groups is 1. The zero-order chi connectivity index (χ0) is 24.6. The number of esters is 1. The number of aryl methyl sites for hydroxylation is 1. The Morgan fingerprint density at radius 1 is 1.15 bits per heavy atom. The maximum atomic E-state index is 12.6. The molecule has 0 spiro atoms. The molecule has 176 valence electrons. The van der Waals surface area contributed by atoms with Crippen LogP contribution in [0.3, 0.4) is 0 Å². The summed E-state index contributed by atoms with van der Waals surface area (Å²) in [4.78, 5) is 25.5. The van der Waals surface area contributed by atoms with E-state index in [0.717, 1.165) is 0 Å². The second-order valence-electron chi connectivity index (χ2n) is 6.95. The molecule has 2 N–H and O–H groups in total. The number of nitriles is 1. The standard InChI is InChI=1S/C23H21N3O6S2/c1-16-8-9-18(34(29,30)25-14-17-5-4-11-31-17)13-19(16)23(28)32-15-22(27)26-20-6-2-3-7-21(20)33-12-10-24/h2-9,11,13,25H,12,14-15H2,1H3,(H,26,27). The fraction of sp³-hybridized carbons (Fsp3) is 0.174. The maximum Gasteiger partial charge on any atom is 0.338 e. The fourth-order valence-corrected chi connectivity index (χ4v) is 4.54. The van der Waals surface area contributed by atoms with E-state index < -0.39 is 28.5 Å². The lowest BCUT2D eigenvalue weighted by molar-refractivity contribution is -0.119. The summed E-state index contributed by atoms with van der Waals surface area (Å²) < 4.78 is 37.8. The number of anilines is 1. The predicted molar refractivity (Wildman–Crippen MR) is 126 cm³/mol. The summed E-state index contributed by atoms with van der Waals surface area (Å²) in [5.41, 5.74) is 1.02. The van der Waals surface area contributed by atoms with E-state index in [1.54, 1.807) is 43.3 Å². The Morgan fingerprint density at radius 3 is 2.68 bits per heavy atom. The van der Waals surface area contributed by atoms with Crippen molar-refractivity contribution in [3.63, 3.8) is 0 Å². The van der Waals surface area contributed by atoms with Crippen LogP contribution in [-0.2, 0) is 26.1 Å². The van der Waals surface area contributed by atoms with Crippen LogP contribution >= 0.6 is 11.8 Å². The summed E-state index contributed by atoms with van der Waals surface area (Å²) in [7, 11) is -3.92. The molecule has 0 fully saturated rings. The lowest BCUT2D eigenvalue weighted by atomic mass is 10.1. The van der Waals surface area contributed by atoms with Crippen molar-refractivity contribution in [1.29, 1.82) is 5.26 Å². The number of para-hydroxylation sites is 1. The highest BCUT2D eigenvalue weighted by Crippen LogP contribution is 2.26. The number of amides is 1. The molecule has 0 saturated heterocycles. The van der Waals surface area contributed by atoms with Gasteiger partial charge in [0.2, 0.25) is 10.0 Å². The minimum atomic E-state index is -3.92. The van der Waals surface area contributed by atoms with E-state index in [2.05, 4.69) is 10.0 Å². The van der Waals surface area contributed by atoms with Crippen LogP contribution in [0.2, 0.25) is 0 Å². The van der Waals surface area contributed by atoms with E-state index in [-0.39, 0.29) is 22.8 Å². The van der Waals surface area contributed by atoms with Gasteiger partial charge in [-0.05, 0) is 48.9 Å². The minimum Gasteiger partial charge on any atom is -0.468 e. The highest BCUT2D eigenvalue weighted by molar-refractivity contribution is 7.99. The Kier molecular flexibility index (Phi) is 8.48. The topological polar surface area (TPSA) is 138 Å². The molecule has 1 aromatic heterocycles. The van der Waals surface area contributed by atoms with Crippen molar-refractivity contribution in [1.82, 2.24) is 4.72 Å². The predicted octanol–water partition coefficient (Wildman–Crippen LogP) is 3.48.